The first-order chi connectivity index (χ1) is 5.66. The van der Waals surface area contributed by atoms with E-state index in [0.717, 1.165) is 0 Å². The number of carbonyl (C=O) groups is 1. The second-order valence-electron chi connectivity index (χ2n) is 3.32. The Labute approximate surface area is 113 Å². The summed E-state index contributed by atoms with van der Waals surface area (Å²) in [5.74, 6) is -0.911. The van der Waals surface area contributed by atoms with Gasteiger partial charge >= 0.3 is 29.6 Å². The van der Waals surface area contributed by atoms with Crippen molar-refractivity contribution in [2.24, 2.45) is 0 Å². The van der Waals surface area contributed by atoms with Crippen molar-refractivity contribution in [3.63, 3.8) is 0 Å². The van der Waals surface area contributed by atoms with Crippen molar-refractivity contribution in [3.8, 4) is 0 Å². The van der Waals surface area contributed by atoms with E-state index in [1.165, 1.54) is 13.8 Å². The molecule has 80 valence electrons. The van der Waals surface area contributed by atoms with Crippen LogP contribution in [-0.2, 0) is 14.9 Å². The van der Waals surface area contributed by atoms with Crippen LogP contribution >= 0.6 is 12.6 Å². The van der Waals surface area contributed by atoms with Gasteiger partial charge in [0.2, 0.25) is 5.91 Å². The molecule has 0 radical (unpaired) electrons. The fourth-order valence-electron chi connectivity index (χ4n) is 0.909. The molecule has 0 aromatic heterocycles. The molecule has 8 heteroatoms. The van der Waals surface area contributed by atoms with Crippen LogP contribution in [0.4, 0.5) is 0 Å². The van der Waals surface area contributed by atoms with Gasteiger partial charge in [0.25, 0.3) is 10.1 Å². The predicted molar refractivity (Wildman–Crippen MR) is 53.6 cm³/mol. The summed E-state index contributed by atoms with van der Waals surface area (Å²) in [4.78, 5) is 10.8. The van der Waals surface area contributed by atoms with E-state index < -0.39 is 21.4 Å². The molecule has 5 nitrogen and oxygen atoms in total. The van der Waals surface area contributed by atoms with Gasteiger partial charge in [-0.1, -0.05) is 0 Å². The molecule has 0 aliphatic rings. The van der Waals surface area contributed by atoms with Gasteiger partial charge < -0.3 is 6.74 Å². The first-order valence-corrected chi connectivity index (χ1v) is 5.77. The first kappa shape index (κ1) is 17.1. The largest absolute Gasteiger partial charge is 1.00 e. The van der Waals surface area contributed by atoms with Crippen molar-refractivity contribution >= 4 is 28.7 Å². The second kappa shape index (κ2) is 6.34. The number of carbonyl (C=O) groups excluding carboxylic acids is 1. The number of thiol groups is 1. The maximum Gasteiger partial charge on any atom is 1.00 e. The van der Waals surface area contributed by atoms with Gasteiger partial charge in [-0.05, 0) is 13.8 Å². The number of hydrogen-bond acceptors (Lipinski definition) is 4. The molecule has 1 amide bonds. The standard InChI is InChI=1S/C6H13NO4S2.Na.H/c1-6(2,4-13(9,10)11)7-5(8)3-12;;/h12H,3-4H2,1-2H3,(H,7,8)(H,9,10,11);;/q;+1;-1. The first-order valence-electron chi connectivity index (χ1n) is 3.53. The Morgan fingerprint density at radius 2 is 2.00 bits per heavy atom. The predicted octanol–water partition coefficient (Wildman–Crippen LogP) is -3.18. The topological polar surface area (TPSA) is 83.5 Å². The van der Waals surface area contributed by atoms with Crippen molar-refractivity contribution in [2.75, 3.05) is 11.5 Å². The summed E-state index contributed by atoms with van der Waals surface area (Å²) in [5.41, 5.74) is -0.979. The van der Waals surface area contributed by atoms with E-state index in [0.29, 0.717) is 0 Å². The Morgan fingerprint density at radius 3 is 2.29 bits per heavy atom. The quantitative estimate of drug-likeness (QED) is 0.279. The molecule has 0 aromatic carbocycles. The van der Waals surface area contributed by atoms with Gasteiger partial charge in [-0.25, -0.2) is 0 Å². The van der Waals surface area contributed by atoms with E-state index in [1.54, 1.807) is 0 Å². The summed E-state index contributed by atoms with van der Waals surface area (Å²) in [7, 11) is -4.08. The molecule has 0 spiro atoms. The maximum atomic E-state index is 10.8. The molecule has 0 fully saturated rings. The van der Waals surface area contributed by atoms with Gasteiger partial charge in [0.1, 0.15) is 0 Å². The molecule has 0 atom stereocenters. The molecule has 0 unspecified atom stereocenters. The molecule has 0 saturated heterocycles. The van der Waals surface area contributed by atoms with Crippen LogP contribution in [-0.4, -0.2) is 35.9 Å². The van der Waals surface area contributed by atoms with E-state index in [4.69, 9.17) is 4.55 Å². The number of rotatable bonds is 4. The van der Waals surface area contributed by atoms with Crippen LogP contribution in [0.15, 0.2) is 0 Å². The smallest absolute Gasteiger partial charge is 1.00 e. The van der Waals surface area contributed by atoms with Crippen molar-refractivity contribution in [1.82, 2.24) is 5.32 Å². The normalized spacial score (nSPS) is 11.7. The molecular formula is C6H14NNaO4S2. The fourth-order valence-corrected chi connectivity index (χ4v) is 1.97. The third-order valence-corrected chi connectivity index (χ3v) is 2.54. The summed E-state index contributed by atoms with van der Waals surface area (Å²) in [6, 6.07) is 0. The van der Waals surface area contributed by atoms with Gasteiger partial charge in [-0.3, -0.25) is 9.35 Å². The van der Waals surface area contributed by atoms with Gasteiger partial charge in [-0.2, -0.15) is 21.0 Å². The molecule has 0 aromatic rings. The zero-order valence-electron chi connectivity index (χ0n) is 9.44. The maximum absolute atomic E-state index is 10.8. The monoisotopic (exact) mass is 251 g/mol. The molecular weight excluding hydrogens is 237 g/mol. The van der Waals surface area contributed by atoms with E-state index in [2.05, 4.69) is 17.9 Å². The summed E-state index contributed by atoms with van der Waals surface area (Å²) < 4.78 is 29.5. The number of hydrogen-bond donors (Lipinski definition) is 3. The second-order valence-corrected chi connectivity index (χ2v) is 5.09. The summed E-state index contributed by atoms with van der Waals surface area (Å²) >= 11 is 3.71. The van der Waals surface area contributed by atoms with Crippen molar-refractivity contribution in [3.05, 3.63) is 0 Å². The molecule has 0 aliphatic carbocycles. The van der Waals surface area contributed by atoms with Gasteiger partial charge in [0, 0.05) is 0 Å². The van der Waals surface area contributed by atoms with E-state index in [1.807, 2.05) is 0 Å². The molecule has 14 heavy (non-hydrogen) atoms. The van der Waals surface area contributed by atoms with E-state index >= 15 is 0 Å². The van der Waals surface area contributed by atoms with Crippen LogP contribution in [0.5, 0.6) is 0 Å². The third kappa shape index (κ3) is 9.29. The molecule has 0 aliphatic heterocycles. The Kier molecular flexibility index (Phi) is 7.76. The zero-order valence-corrected chi connectivity index (χ0v) is 12.2. The average molecular weight is 251 g/mol. The molecule has 2 N–H and O–H groups in total. The van der Waals surface area contributed by atoms with Gasteiger partial charge in [0.05, 0.1) is 17.0 Å². The van der Waals surface area contributed by atoms with Gasteiger partial charge in [0.15, 0.2) is 0 Å². The van der Waals surface area contributed by atoms with Crippen LogP contribution in [0.1, 0.15) is 15.3 Å². The molecule has 0 bridgehead atoms. The summed E-state index contributed by atoms with van der Waals surface area (Å²) in [5, 5.41) is 2.41. The average Bonchev–Trinajstić information content (AvgIpc) is 1.80. The summed E-state index contributed by atoms with van der Waals surface area (Å²) in [6.45, 7) is 3.00. The Morgan fingerprint density at radius 1 is 1.57 bits per heavy atom. The minimum atomic E-state index is -4.08. The van der Waals surface area contributed by atoms with E-state index in [-0.39, 0.29) is 42.6 Å². The van der Waals surface area contributed by atoms with Crippen LogP contribution in [0.2, 0.25) is 0 Å². The summed E-state index contributed by atoms with van der Waals surface area (Å²) in [6.07, 6.45) is 0. The van der Waals surface area contributed by atoms with Crippen molar-refractivity contribution in [2.45, 2.75) is 19.4 Å². The molecule has 0 heterocycles. The van der Waals surface area contributed by atoms with E-state index in [9.17, 15) is 13.2 Å². The van der Waals surface area contributed by atoms with Crippen molar-refractivity contribution in [1.29, 1.82) is 0 Å². The fraction of sp³-hybridized carbons (Fsp3) is 0.833. The minimum Gasteiger partial charge on any atom is -1.00 e. The molecule has 0 saturated carbocycles. The molecule has 0 rings (SSSR count). The number of amides is 1. The minimum absolute atomic E-state index is 0. The van der Waals surface area contributed by atoms with Gasteiger partial charge in [-0.15, -0.1) is 0 Å². The van der Waals surface area contributed by atoms with Crippen molar-refractivity contribution < 1.29 is 48.7 Å². The van der Waals surface area contributed by atoms with Crippen LogP contribution in [0, 0.1) is 0 Å². The van der Waals surface area contributed by atoms with Crippen LogP contribution in [0.25, 0.3) is 0 Å². The zero-order chi connectivity index (χ0) is 10.7. The Balaban J connectivity index is -0.000000720. The third-order valence-electron chi connectivity index (χ3n) is 1.16. The SMILES string of the molecule is CC(C)(CS(=O)(=O)O)NC(=O)CS.[H-].[Na+]. The number of nitrogens with one attached hydrogen (secondary N) is 1. The Hall–Kier alpha value is 0.730. The van der Waals surface area contributed by atoms with Crippen LogP contribution in [0.3, 0.4) is 0 Å². The van der Waals surface area contributed by atoms with Crippen LogP contribution < -0.4 is 34.9 Å². The Bertz CT molecular complexity index is 294.